The molecule has 1 aromatic heterocycles. The van der Waals surface area contributed by atoms with Crippen molar-refractivity contribution in [3.8, 4) is 0 Å². The number of nitrogens with two attached hydrogens (primary N) is 1. The normalized spacial score (nSPS) is 12.7. The van der Waals surface area contributed by atoms with Crippen molar-refractivity contribution >= 4 is 11.8 Å². The van der Waals surface area contributed by atoms with Crippen LogP contribution in [-0.2, 0) is 6.42 Å². The minimum atomic E-state index is 0.695. The first-order valence-corrected chi connectivity index (χ1v) is 6.52. The van der Waals surface area contributed by atoms with Crippen molar-refractivity contribution < 1.29 is 0 Å². The molecule has 0 aromatic carbocycles. The molecule has 15 heavy (non-hydrogen) atoms. The second-order valence-corrected chi connectivity index (χ2v) is 4.91. The van der Waals surface area contributed by atoms with Crippen LogP contribution >= 0.6 is 11.8 Å². The number of rotatable bonds is 6. The van der Waals surface area contributed by atoms with Gasteiger partial charge >= 0.3 is 0 Å². The van der Waals surface area contributed by atoms with Gasteiger partial charge in [-0.15, -0.1) is 11.8 Å². The number of aromatic nitrogens is 1. The SMILES string of the molecule is CCC(C)CSc1ccc(CCN)cn1. The summed E-state index contributed by atoms with van der Waals surface area (Å²) in [6.45, 7) is 5.19. The van der Waals surface area contributed by atoms with Gasteiger partial charge < -0.3 is 5.73 Å². The van der Waals surface area contributed by atoms with Crippen molar-refractivity contribution in [1.82, 2.24) is 4.98 Å². The lowest BCUT2D eigenvalue weighted by Crippen LogP contribution is -2.03. The number of nitrogens with zero attached hydrogens (tertiary/aromatic N) is 1. The zero-order valence-corrected chi connectivity index (χ0v) is 10.4. The van der Waals surface area contributed by atoms with Crippen LogP contribution in [0, 0.1) is 5.92 Å². The number of pyridine rings is 1. The third-order valence-electron chi connectivity index (χ3n) is 2.44. The molecule has 2 nitrogen and oxygen atoms in total. The van der Waals surface area contributed by atoms with Crippen LogP contribution in [0.3, 0.4) is 0 Å². The second kappa shape index (κ2) is 6.85. The van der Waals surface area contributed by atoms with Gasteiger partial charge in [0.1, 0.15) is 0 Å². The van der Waals surface area contributed by atoms with Gasteiger partial charge in [0.2, 0.25) is 0 Å². The fourth-order valence-electron chi connectivity index (χ4n) is 1.16. The van der Waals surface area contributed by atoms with Gasteiger partial charge in [0.25, 0.3) is 0 Å². The molecule has 0 spiro atoms. The van der Waals surface area contributed by atoms with Gasteiger partial charge in [0.05, 0.1) is 5.03 Å². The molecule has 0 bridgehead atoms. The summed E-state index contributed by atoms with van der Waals surface area (Å²) in [5.74, 6) is 1.92. The van der Waals surface area contributed by atoms with E-state index in [9.17, 15) is 0 Å². The summed E-state index contributed by atoms with van der Waals surface area (Å²) < 4.78 is 0. The quantitative estimate of drug-likeness (QED) is 0.755. The summed E-state index contributed by atoms with van der Waals surface area (Å²) in [7, 11) is 0. The molecule has 0 saturated heterocycles. The van der Waals surface area contributed by atoms with Crippen molar-refractivity contribution in [2.45, 2.75) is 31.7 Å². The molecule has 0 aliphatic carbocycles. The smallest absolute Gasteiger partial charge is 0.0960 e. The number of hydrogen-bond acceptors (Lipinski definition) is 3. The van der Waals surface area contributed by atoms with E-state index in [2.05, 4.69) is 31.0 Å². The molecule has 2 N–H and O–H groups in total. The molecule has 84 valence electrons. The molecule has 1 heterocycles. The Bertz CT molecular complexity index is 271. The van der Waals surface area contributed by atoms with Crippen LogP contribution < -0.4 is 5.73 Å². The summed E-state index contributed by atoms with van der Waals surface area (Å²) in [5, 5.41) is 1.12. The van der Waals surface area contributed by atoms with Crippen molar-refractivity contribution in [3.63, 3.8) is 0 Å². The molecule has 0 aliphatic heterocycles. The van der Waals surface area contributed by atoms with Gasteiger partial charge in [-0.1, -0.05) is 26.3 Å². The van der Waals surface area contributed by atoms with Gasteiger partial charge in [-0.05, 0) is 30.5 Å². The Morgan fingerprint density at radius 3 is 2.80 bits per heavy atom. The molecular weight excluding hydrogens is 204 g/mol. The summed E-state index contributed by atoms with van der Waals surface area (Å²) in [6.07, 6.45) is 4.09. The zero-order valence-electron chi connectivity index (χ0n) is 9.57. The van der Waals surface area contributed by atoms with E-state index in [4.69, 9.17) is 5.73 Å². The van der Waals surface area contributed by atoms with E-state index in [1.807, 2.05) is 18.0 Å². The van der Waals surface area contributed by atoms with Crippen LogP contribution in [0.2, 0.25) is 0 Å². The highest BCUT2D eigenvalue weighted by Crippen LogP contribution is 2.19. The van der Waals surface area contributed by atoms with Crippen LogP contribution in [0.4, 0.5) is 0 Å². The third-order valence-corrected chi connectivity index (χ3v) is 3.72. The Morgan fingerprint density at radius 2 is 2.27 bits per heavy atom. The van der Waals surface area contributed by atoms with Gasteiger partial charge in [-0.25, -0.2) is 4.98 Å². The van der Waals surface area contributed by atoms with E-state index in [1.165, 1.54) is 12.0 Å². The van der Waals surface area contributed by atoms with Crippen LogP contribution in [-0.4, -0.2) is 17.3 Å². The predicted octanol–water partition coefficient (Wildman–Crippen LogP) is 2.72. The van der Waals surface area contributed by atoms with Gasteiger partial charge in [-0.2, -0.15) is 0 Å². The second-order valence-electron chi connectivity index (χ2n) is 3.87. The summed E-state index contributed by atoms with van der Waals surface area (Å²) in [5.41, 5.74) is 6.71. The van der Waals surface area contributed by atoms with Crippen molar-refractivity contribution in [3.05, 3.63) is 23.9 Å². The van der Waals surface area contributed by atoms with Gasteiger partial charge in [0, 0.05) is 11.9 Å². The summed E-state index contributed by atoms with van der Waals surface area (Å²) in [4.78, 5) is 4.41. The van der Waals surface area contributed by atoms with Crippen LogP contribution in [0.15, 0.2) is 23.4 Å². The maximum absolute atomic E-state index is 5.48. The molecular formula is C12H20N2S. The molecule has 1 unspecified atom stereocenters. The fraction of sp³-hybridized carbons (Fsp3) is 0.583. The zero-order chi connectivity index (χ0) is 11.1. The summed E-state index contributed by atoms with van der Waals surface area (Å²) in [6, 6.07) is 4.22. The minimum Gasteiger partial charge on any atom is -0.330 e. The van der Waals surface area contributed by atoms with Crippen molar-refractivity contribution in [1.29, 1.82) is 0 Å². The van der Waals surface area contributed by atoms with E-state index in [-0.39, 0.29) is 0 Å². The Labute approximate surface area is 96.7 Å². The first-order valence-electron chi connectivity index (χ1n) is 5.54. The standard InChI is InChI=1S/C12H20N2S/c1-3-10(2)9-15-12-5-4-11(6-7-13)8-14-12/h4-5,8,10H,3,6-7,9,13H2,1-2H3. The van der Waals surface area contributed by atoms with Crippen LogP contribution in [0.25, 0.3) is 0 Å². The lowest BCUT2D eigenvalue weighted by Gasteiger charge is -2.07. The fourth-order valence-corrected chi connectivity index (χ4v) is 2.14. The first kappa shape index (κ1) is 12.5. The lowest BCUT2D eigenvalue weighted by molar-refractivity contribution is 0.636. The maximum atomic E-state index is 5.48. The topological polar surface area (TPSA) is 38.9 Å². The van der Waals surface area contributed by atoms with Gasteiger partial charge in [0.15, 0.2) is 0 Å². The lowest BCUT2D eigenvalue weighted by atomic mass is 10.2. The largest absolute Gasteiger partial charge is 0.330 e. The Balaban J connectivity index is 2.42. The van der Waals surface area contributed by atoms with E-state index in [1.54, 1.807) is 0 Å². The average molecular weight is 224 g/mol. The molecule has 0 amide bonds. The van der Waals surface area contributed by atoms with Crippen LogP contribution in [0.5, 0.6) is 0 Å². The van der Waals surface area contributed by atoms with E-state index in [0.29, 0.717) is 6.54 Å². The number of hydrogen-bond donors (Lipinski definition) is 1. The molecule has 0 fully saturated rings. The van der Waals surface area contributed by atoms with Gasteiger partial charge in [-0.3, -0.25) is 0 Å². The minimum absolute atomic E-state index is 0.695. The van der Waals surface area contributed by atoms with E-state index < -0.39 is 0 Å². The summed E-state index contributed by atoms with van der Waals surface area (Å²) >= 11 is 1.84. The molecule has 0 radical (unpaired) electrons. The number of thioether (sulfide) groups is 1. The molecule has 1 rings (SSSR count). The van der Waals surface area contributed by atoms with Crippen molar-refractivity contribution in [2.24, 2.45) is 11.7 Å². The monoisotopic (exact) mass is 224 g/mol. The molecule has 0 saturated carbocycles. The van der Waals surface area contributed by atoms with Crippen molar-refractivity contribution in [2.75, 3.05) is 12.3 Å². The Hall–Kier alpha value is -0.540. The molecule has 1 aromatic rings. The highest BCUT2D eigenvalue weighted by molar-refractivity contribution is 7.99. The predicted molar refractivity (Wildman–Crippen MR) is 67.2 cm³/mol. The first-order chi connectivity index (χ1) is 7.26. The van der Waals surface area contributed by atoms with Crippen LogP contribution in [0.1, 0.15) is 25.8 Å². The van der Waals surface area contributed by atoms with E-state index >= 15 is 0 Å². The highest BCUT2D eigenvalue weighted by atomic mass is 32.2. The Morgan fingerprint density at radius 1 is 1.47 bits per heavy atom. The highest BCUT2D eigenvalue weighted by Gasteiger charge is 2.01. The molecule has 1 atom stereocenters. The Kier molecular flexibility index (Phi) is 5.73. The average Bonchev–Trinajstić information content (AvgIpc) is 2.28. The molecule has 3 heteroatoms. The maximum Gasteiger partial charge on any atom is 0.0960 e. The van der Waals surface area contributed by atoms with E-state index in [0.717, 1.165) is 23.1 Å². The molecule has 0 aliphatic rings. The third kappa shape index (κ3) is 4.67.